The van der Waals surface area contributed by atoms with Gasteiger partial charge in [0.2, 0.25) is 0 Å². The summed E-state index contributed by atoms with van der Waals surface area (Å²) in [7, 11) is 0. The van der Waals surface area contributed by atoms with E-state index in [0.29, 0.717) is 16.6 Å². The maximum absolute atomic E-state index is 13.7. The Labute approximate surface area is 182 Å². The molecule has 0 aliphatic carbocycles. The van der Waals surface area contributed by atoms with Crippen molar-refractivity contribution in [3.63, 3.8) is 0 Å². The number of hydrogen-bond acceptors (Lipinski definition) is 4. The van der Waals surface area contributed by atoms with E-state index in [-0.39, 0.29) is 24.0 Å². The molecule has 1 N–H and O–H groups in total. The molecular weight excluding hydrogens is 422 g/mol. The highest BCUT2D eigenvalue weighted by Crippen LogP contribution is 2.27. The second-order valence-corrected chi connectivity index (χ2v) is 7.17. The average molecular weight is 440 g/mol. The molecule has 0 bridgehead atoms. The Balaban J connectivity index is 1.49. The first-order valence-corrected chi connectivity index (χ1v) is 9.98. The molecule has 5 nitrogen and oxygen atoms in total. The number of thiocarbonyl (C=S) groups is 1. The van der Waals surface area contributed by atoms with Gasteiger partial charge < -0.3 is 14.5 Å². The van der Waals surface area contributed by atoms with Gasteiger partial charge in [-0.05, 0) is 54.5 Å². The molecule has 0 saturated carbocycles. The number of rotatable bonds is 6. The highest BCUT2D eigenvalue weighted by atomic mass is 32.1. The van der Waals surface area contributed by atoms with Crippen LogP contribution in [0.1, 0.15) is 24.0 Å². The Hall–Kier alpha value is -3.52. The lowest BCUT2D eigenvalue weighted by molar-refractivity contribution is -0.113. The van der Waals surface area contributed by atoms with Crippen molar-refractivity contribution in [2.75, 3.05) is 4.90 Å². The van der Waals surface area contributed by atoms with E-state index >= 15 is 0 Å². The molecule has 0 radical (unpaired) electrons. The Morgan fingerprint density at radius 1 is 1.16 bits per heavy atom. The van der Waals surface area contributed by atoms with Crippen LogP contribution in [0.4, 0.5) is 14.5 Å². The van der Waals surface area contributed by atoms with Crippen molar-refractivity contribution >= 4 is 35.0 Å². The predicted molar refractivity (Wildman–Crippen MR) is 116 cm³/mol. The number of benzene rings is 2. The largest absolute Gasteiger partial charge is 0.483 e. The molecule has 2 heterocycles. The fourth-order valence-electron chi connectivity index (χ4n) is 3.21. The molecule has 1 saturated heterocycles. The molecule has 1 amide bonds. The summed E-state index contributed by atoms with van der Waals surface area (Å²) in [6, 6.07) is 14.0. The monoisotopic (exact) mass is 440 g/mol. The number of carbonyl (C=O) groups excluding carboxylic acids is 1. The second kappa shape index (κ2) is 8.69. The summed E-state index contributed by atoms with van der Waals surface area (Å²) in [5, 5.41) is 3.22. The summed E-state index contributed by atoms with van der Waals surface area (Å²) in [4.78, 5) is 14.4. The maximum Gasteiger partial charge on any atom is 0.281 e. The molecule has 4 rings (SSSR count). The van der Waals surface area contributed by atoms with Gasteiger partial charge in [0.25, 0.3) is 5.91 Å². The molecule has 158 valence electrons. The Kier molecular flexibility index (Phi) is 5.81. The summed E-state index contributed by atoms with van der Waals surface area (Å²) in [6.07, 6.45) is 2.31. The third kappa shape index (κ3) is 4.34. The van der Waals surface area contributed by atoms with E-state index < -0.39 is 11.6 Å². The molecule has 1 fully saturated rings. The van der Waals surface area contributed by atoms with Crippen molar-refractivity contribution in [2.45, 2.75) is 20.0 Å². The molecule has 8 heteroatoms. The number of nitrogens with zero attached hydrogens (tertiary/aromatic N) is 1. The van der Waals surface area contributed by atoms with E-state index in [4.69, 9.17) is 21.4 Å². The van der Waals surface area contributed by atoms with Gasteiger partial charge >= 0.3 is 0 Å². The minimum absolute atomic E-state index is 0.0541. The Bertz CT molecular complexity index is 1190. The number of amides is 1. The summed E-state index contributed by atoms with van der Waals surface area (Å²) in [6.45, 7) is 1.96. The third-order valence-corrected chi connectivity index (χ3v) is 5.01. The summed E-state index contributed by atoms with van der Waals surface area (Å²) in [5.41, 5.74) is 2.03. The van der Waals surface area contributed by atoms with Crippen molar-refractivity contribution in [3.8, 4) is 5.75 Å². The molecule has 0 spiro atoms. The third-order valence-electron chi connectivity index (χ3n) is 4.72. The normalized spacial score (nSPS) is 14.9. The molecule has 31 heavy (non-hydrogen) atoms. The minimum Gasteiger partial charge on any atom is -0.483 e. The van der Waals surface area contributed by atoms with Crippen molar-refractivity contribution in [3.05, 3.63) is 89.0 Å². The topological polar surface area (TPSA) is 54.7 Å². The van der Waals surface area contributed by atoms with Crippen LogP contribution >= 0.6 is 12.2 Å². The maximum atomic E-state index is 13.7. The van der Waals surface area contributed by atoms with Crippen LogP contribution in [0, 0.1) is 11.6 Å². The first-order valence-electron chi connectivity index (χ1n) is 9.58. The van der Waals surface area contributed by atoms with Gasteiger partial charge in [0.15, 0.2) is 16.7 Å². The SMILES string of the molecule is CCc1ccccc1N1C(=O)/C(=C\c2ccc(COc3ccc(F)cc3F)o2)NC1=S. The van der Waals surface area contributed by atoms with E-state index in [2.05, 4.69) is 5.32 Å². The predicted octanol–water partition coefficient (Wildman–Crippen LogP) is 4.96. The smallest absolute Gasteiger partial charge is 0.281 e. The Morgan fingerprint density at radius 2 is 1.97 bits per heavy atom. The van der Waals surface area contributed by atoms with Crippen molar-refractivity contribution in [1.82, 2.24) is 5.32 Å². The van der Waals surface area contributed by atoms with Crippen LogP contribution in [0.15, 0.2) is 64.7 Å². The zero-order chi connectivity index (χ0) is 22.0. The van der Waals surface area contributed by atoms with Gasteiger partial charge in [0, 0.05) is 12.1 Å². The van der Waals surface area contributed by atoms with Crippen molar-refractivity contribution in [1.29, 1.82) is 0 Å². The first-order chi connectivity index (χ1) is 15.0. The number of ether oxygens (including phenoxy) is 1. The fourth-order valence-corrected chi connectivity index (χ4v) is 3.51. The van der Waals surface area contributed by atoms with Crippen molar-refractivity contribution < 1.29 is 22.7 Å². The standard InChI is InChI=1S/C23H18F2N2O3S/c1-2-14-5-3-4-6-20(14)27-22(28)19(26-23(27)31)12-16-8-9-17(30-16)13-29-21-10-7-15(24)11-18(21)25/h3-12H,2,13H2,1H3,(H,26,31)/b19-12+. The molecule has 3 aromatic rings. The molecule has 1 aliphatic rings. The Morgan fingerprint density at radius 3 is 2.74 bits per heavy atom. The molecule has 0 unspecified atom stereocenters. The molecule has 0 atom stereocenters. The van der Waals surface area contributed by atoms with Gasteiger partial charge in [-0.2, -0.15) is 0 Å². The number of para-hydroxylation sites is 1. The van der Waals surface area contributed by atoms with Crippen molar-refractivity contribution in [2.24, 2.45) is 0 Å². The van der Waals surface area contributed by atoms with Crippen LogP contribution < -0.4 is 15.0 Å². The lowest BCUT2D eigenvalue weighted by Gasteiger charge is -2.17. The van der Waals surface area contributed by atoms with Crippen LogP contribution in [-0.2, 0) is 17.8 Å². The lowest BCUT2D eigenvalue weighted by Crippen LogP contribution is -2.31. The second-order valence-electron chi connectivity index (χ2n) is 6.78. The van der Waals surface area contributed by atoms with Gasteiger partial charge in [0.05, 0.1) is 5.69 Å². The number of anilines is 1. The number of halogens is 2. The van der Waals surface area contributed by atoms with Crippen LogP contribution in [-0.4, -0.2) is 11.0 Å². The first kappa shape index (κ1) is 20.7. The average Bonchev–Trinajstić information content (AvgIpc) is 3.31. The lowest BCUT2D eigenvalue weighted by atomic mass is 10.1. The number of hydrogen-bond donors (Lipinski definition) is 1. The molecule has 1 aromatic heterocycles. The molecule has 1 aliphatic heterocycles. The van der Waals surface area contributed by atoms with Crippen LogP contribution in [0.3, 0.4) is 0 Å². The van der Waals surface area contributed by atoms with E-state index in [9.17, 15) is 13.6 Å². The highest BCUT2D eigenvalue weighted by molar-refractivity contribution is 7.80. The van der Waals surface area contributed by atoms with Crippen LogP contribution in [0.2, 0.25) is 0 Å². The number of nitrogens with one attached hydrogen (secondary N) is 1. The minimum atomic E-state index is -0.796. The van der Waals surface area contributed by atoms with E-state index in [1.807, 2.05) is 31.2 Å². The quantitative estimate of drug-likeness (QED) is 0.434. The van der Waals surface area contributed by atoms with E-state index in [1.54, 1.807) is 18.2 Å². The van der Waals surface area contributed by atoms with Gasteiger partial charge in [-0.1, -0.05) is 25.1 Å². The zero-order valence-electron chi connectivity index (χ0n) is 16.5. The summed E-state index contributed by atoms with van der Waals surface area (Å²) < 4.78 is 37.6. The number of aryl methyl sites for hydroxylation is 1. The van der Waals surface area contributed by atoms with E-state index in [0.717, 1.165) is 29.8 Å². The highest BCUT2D eigenvalue weighted by Gasteiger charge is 2.33. The summed E-state index contributed by atoms with van der Waals surface area (Å²) in [5.74, 6) is -1.02. The number of furan rings is 1. The molecule has 2 aromatic carbocycles. The van der Waals surface area contributed by atoms with E-state index in [1.165, 1.54) is 11.0 Å². The van der Waals surface area contributed by atoms with Crippen LogP contribution in [0.25, 0.3) is 6.08 Å². The number of carbonyl (C=O) groups is 1. The van der Waals surface area contributed by atoms with Gasteiger partial charge in [0.1, 0.15) is 29.6 Å². The van der Waals surface area contributed by atoms with Gasteiger partial charge in [-0.15, -0.1) is 0 Å². The van der Waals surface area contributed by atoms with Gasteiger partial charge in [-0.3, -0.25) is 9.69 Å². The fraction of sp³-hybridized carbons (Fsp3) is 0.130. The zero-order valence-corrected chi connectivity index (χ0v) is 17.3. The van der Waals surface area contributed by atoms with Crippen LogP contribution in [0.5, 0.6) is 5.75 Å². The van der Waals surface area contributed by atoms with Gasteiger partial charge in [-0.25, -0.2) is 8.78 Å². The summed E-state index contributed by atoms with van der Waals surface area (Å²) >= 11 is 5.36. The molecular formula is C23H18F2N2O3S.